The van der Waals surface area contributed by atoms with Gasteiger partial charge in [-0.2, -0.15) is 5.10 Å². The number of rotatable bonds is 10. The molecule has 1 heterocycles. The Bertz CT molecular complexity index is 723. The number of hydrogen-bond donors (Lipinski definition) is 1. The smallest absolute Gasteiger partial charge is 0.224 e. The van der Waals surface area contributed by atoms with Crippen LogP contribution in [0.1, 0.15) is 55.8 Å². The molecular formula is C22H33N3O2. The van der Waals surface area contributed by atoms with Crippen LogP contribution in [-0.4, -0.2) is 28.8 Å². The summed E-state index contributed by atoms with van der Waals surface area (Å²) in [5.41, 5.74) is 4.26. The van der Waals surface area contributed by atoms with Gasteiger partial charge in [-0.15, -0.1) is 0 Å². The van der Waals surface area contributed by atoms with Gasteiger partial charge in [0.05, 0.1) is 18.2 Å². The van der Waals surface area contributed by atoms with E-state index in [1.807, 2.05) is 43.7 Å². The van der Waals surface area contributed by atoms with Crippen LogP contribution in [0.2, 0.25) is 0 Å². The number of nitrogens with one attached hydrogen (secondary N) is 1. The third-order valence-corrected chi connectivity index (χ3v) is 4.69. The van der Waals surface area contributed by atoms with Crippen molar-refractivity contribution in [1.29, 1.82) is 0 Å². The number of amides is 1. The summed E-state index contributed by atoms with van der Waals surface area (Å²) in [7, 11) is 0. The summed E-state index contributed by atoms with van der Waals surface area (Å²) >= 11 is 0. The van der Waals surface area contributed by atoms with E-state index in [9.17, 15) is 4.79 Å². The van der Waals surface area contributed by atoms with Crippen molar-refractivity contribution in [2.24, 2.45) is 5.92 Å². The highest BCUT2D eigenvalue weighted by molar-refractivity contribution is 5.79. The van der Waals surface area contributed by atoms with Gasteiger partial charge in [-0.3, -0.25) is 9.48 Å². The average molecular weight is 372 g/mol. The molecule has 5 nitrogen and oxygen atoms in total. The van der Waals surface area contributed by atoms with Gasteiger partial charge >= 0.3 is 0 Å². The molecule has 148 valence electrons. The summed E-state index contributed by atoms with van der Waals surface area (Å²) in [6.45, 7) is 12.5. The van der Waals surface area contributed by atoms with Crippen LogP contribution in [0.15, 0.2) is 30.3 Å². The molecule has 0 spiro atoms. The zero-order chi connectivity index (χ0) is 19.8. The standard InChI is InChI=1S/C22H33N3O2/c1-16(2)15-25-18(4)21(17(3)24-25)14-22(26)23-12-9-13-27-19(5)20-10-7-6-8-11-20/h6-8,10-11,16,19H,9,12-15H2,1-5H3,(H,23,26). The number of aromatic nitrogens is 2. The fourth-order valence-electron chi connectivity index (χ4n) is 3.12. The number of carbonyl (C=O) groups is 1. The molecule has 5 heteroatoms. The van der Waals surface area contributed by atoms with E-state index in [-0.39, 0.29) is 12.0 Å². The maximum atomic E-state index is 12.3. The summed E-state index contributed by atoms with van der Waals surface area (Å²) in [4.78, 5) is 12.3. The van der Waals surface area contributed by atoms with Crippen molar-refractivity contribution in [3.05, 3.63) is 52.8 Å². The first-order chi connectivity index (χ1) is 12.9. The highest BCUT2D eigenvalue weighted by Crippen LogP contribution is 2.16. The van der Waals surface area contributed by atoms with Crippen molar-refractivity contribution in [3.8, 4) is 0 Å². The zero-order valence-electron chi connectivity index (χ0n) is 17.3. The number of benzene rings is 1. The minimum absolute atomic E-state index is 0.0430. The molecule has 1 N–H and O–H groups in total. The van der Waals surface area contributed by atoms with Crippen LogP contribution in [0.4, 0.5) is 0 Å². The first-order valence-electron chi connectivity index (χ1n) is 9.84. The molecule has 0 aliphatic carbocycles. The minimum atomic E-state index is 0.0430. The summed E-state index contributed by atoms with van der Waals surface area (Å²) in [5.74, 6) is 0.573. The van der Waals surface area contributed by atoms with Gasteiger partial charge in [-0.25, -0.2) is 0 Å². The highest BCUT2D eigenvalue weighted by atomic mass is 16.5. The van der Waals surface area contributed by atoms with Crippen LogP contribution in [-0.2, 0) is 22.5 Å². The van der Waals surface area contributed by atoms with Crippen LogP contribution in [0, 0.1) is 19.8 Å². The van der Waals surface area contributed by atoms with Crippen molar-refractivity contribution >= 4 is 5.91 Å². The lowest BCUT2D eigenvalue weighted by Gasteiger charge is -2.13. The third-order valence-electron chi connectivity index (χ3n) is 4.69. The van der Waals surface area contributed by atoms with E-state index in [2.05, 4.69) is 36.4 Å². The van der Waals surface area contributed by atoms with Crippen LogP contribution in [0.3, 0.4) is 0 Å². The van der Waals surface area contributed by atoms with Gasteiger partial charge in [0, 0.05) is 31.0 Å². The molecule has 1 atom stereocenters. The molecule has 0 aliphatic heterocycles. The van der Waals surface area contributed by atoms with E-state index in [0.29, 0.717) is 25.5 Å². The van der Waals surface area contributed by atoms with Gasteiger partial charge in [-0.1, -0.05) is 44.2 Å². The Labute approximate surface area is 163 Å². The summed E-state index contributed by atoms with van der Waals surface area (Å²) in [6, 6.07) is 10.2. The number of aryl methyl sites for hydroxylation is 1. The molecule has 1 amide bonds. The quantitative estimate of drug-likeness (QED) is 0.643. The summed E-state index contributed by atoms with van der Waals surface area (Å²) in [6.07, 6.45) is 1.25. The summed E-state index contributed by atoms with van der Waals surface area (Å²) in [5, 5.41) is 7.57. The fraction of sp³-hybridized carbons (Fsp3) is 0.545. The van der Waals surface area contributed by atoms with Crippen molar-refractivity contribution < 1.29 is 9.53 Å². The number of hydrogen-bond acceptors (Lipinski definition) is 3. The molecule has 2 rings (SSSR count). The SMILES string of the molecule is Cc1nn(CC(C)C)c(C)c1CC(=O)NCCCOC(C)c1ccccc1. The molecule has 0 saturated heterocycles. The summed E-state index contributed by atoms with van der Waals surface area (Å²) < 4.78 is 7.86. The number of ether oxygens (including phenoxy) is 1. The van der Waals surface area contributed by atoms with E-state index in [1.165, 1.54) is 5.56 Å². The van der Waals surface area contributed by atoms with Gasteiger partial charge in [-0.05, 0) is 38.7 Å². The van der Waals surface area contributed by atoms with Gasteiger partial charge < -0.3 is 10.1 Å². The molecule has 27 heavy (non-hydrogen) atoms. The van der Waals surface area contributed by atoms with Gasteiger partial charge in [0.1, 0.15) is 0 Å². The van der Waals surface area contributed by atoms with Crippen molar-refractivity contribution in [1.82, 2.24) is 15.1 Å². The Morgan fingerprint density at radius 3 is 2.56 bits per heavy atom. The maximum absolute atomic E-state index is 12.3. The Morgan fingerprint density at radius 2 is 1.89 bits per heavy atom. The van der Waals surface area contributed by atoms with E-state index in [0.717, 1.165) is 29.9 Å². The lowest BCUT2D eigenvalue weighted by atomic mass is 10.1. The van der Waals surface area contributed by atoms with E-state index in [4.69, 9.17) is 4.74 Å². The van der Waals surface area contributed by atoms with Crippen LogP contribution < -0.4 is 5.32 Å². The third kappa shape index (κ3) is 6.51. The van der Waals surface area contributed by atoms with E-state index < -0.39 is 0 Å². The molecular weight excluding hydrogens is 338 g/mol. The average Bonchev–Trinajstić information content (AvgIpc) is 2.88. The molecule has 0 aliphatic rings. The monoisotopic (exact) mass is 371 g/mol. The van der Waals surface area contributed by atoms with Gasteiger partial charge in [0.2, 0.25) is 5.91 Å². The second-order valence-electron chi connectivity index (χ2n) is 7.53. The maximum Gasteiger partial charge on any atom is 0.224 e. The molecule has 1 aromatic carbocycles. The van der Waals surface area contributed by atoms with Gasteiger partial charge in [0.25, 0.3) is 0 Å². The fourth-order valence-corrected chi connectivity index (χ4v) is 3.12. The Kier molecular flexibility index (Phi) is 8.04. The lowest BCUT2D eigenvalue weighted by Crippen LogP contribution is -2.27. The Hall–Kier alpha value is -2.14. The van der Waals surface area contributed by atoms with Crippen LogP contribution in [0.5, 0.6) is 0 Å². The van der Waals surface area contributed by atoms with E-state index in [1.54, 1.807) is 0 Å². The van der Waals surface area contributed by atoms with Crippen molar-refractivity contribution in [3.63, 3.8) is 0 Å². The van der Waals surface area contributed by atoms with Crippen LogP contribution >= 0.6 is 0 Å². The van der Waals surface area contributed by atoms with E-state index >= 15 is 0 Å². The lowest BCUT2D eigenvalue weighted by molar-refractivity contribution is -0.120. The predicted molar refractivity (Wildman–Crippen MR) is 109 cm³/mol. The second kappa shape index (κ2) is 10.3. The highest BCUT2D eigenvalue weighted by Gasteiger charge is 2.15. The minimum Gasteiger partial charge on any atom is -0.374 e. The Balaban J connectivity index is 1.71. The predicted octanol–water partition coefficient (Wildman–Crippen LogP) is 3.98. The second-order valence-corrected chi connectivity index (χ2v) is 7.53. The molecule has 0 fully saturated rings. The largest absolute Gasteiger partial charge is 0.374 e. The first kappa shape index (κ1) is 21.2. The molecule has 0 radical (unpaired) electrons. The van der Waals surface area contributed by atoms with Crippen LogP contribution in [0.25, 0.3) is 0 Å². The Morgan fingerprint density at radius 1 is 1.19 bits per heavy atom. The van der Waals surface area contributed by atoms with Crippen molar-refractivity contribution in [2.75, 3.05) is 13.2 Å². The first-order valence-corrected chi connectivity index (χ1v) is 9.84. The van der Waals surface area contributed by atoms with Gasteiger partial charge in [0.15, 0.2) is 0 Å². The topological polar surface area (TPSA) is 56.2 Å². The zero-order valence-corrected chi connectivity index (χ0v) is 17.3. The van der Waals surface area contributed by atoms with Crippen molar-refractivity contribution in [2.45, 2.75) is 60.1 Å². The molecule has 1 unspecified atom stereocenters. The molecule has 1 aromatic heterocycles. The number of carbonyl (C=O) groups excluding carboxylic acids is 1. The molecule has 0 bridgehead atoms. The molecule has 0 saturated carbocycles. The molecule has 2 aromatic rings. The number of nitrogens with zero attached hydrogens (tertiary/aromatic N) is 2. The normalized spacial score (nSPS) is 12.4.